The summed E-state index contributed by atoms with van der Waals surface area (Å²) >= 11 is 1.30. The molecule has 0 unspecified atom stereocenters. The number of anilines is 1. The van der Waals surface area contributed by atoms with E-state index in [4.69, 9.17) is 5.73 Å². The molecule has 1 aromatic heterocycles. The van der Waals surface area contributed by atoms with E-state index in [9.17, 15) is 9.59 Å². The minimum Gasteiger partial charge on any atom is -0.365 e. The summed E-state index contributed by atoms with van der Waals surface area (Å²) in [6.07, 6.45) is 0.905. The number of nitrogens with two attached hydrogens (primary N) is 1. The first-order chi connectivity index (χ1) is 10.9. The highest BCUT2D eigenvalue weighted by atomic mass is 32.1. The number of hydrogen-bond acceptors (Lipinski definition) is 3. The zero-order chi connectivity index (χ0) is 17.0. The Kier molecular flexibility index (Phi) is 5.55. The first-order valence-electron chi connectivity index (χ1n) is 7.70. The number of nitrogens with one attached hydrogen (secondary N) is 1. The van der Waals surface area contributed by atoms with Crippen molar-refractivity contribution < 1.29 is 9.59 Å². The van der Waals surface area contributed by atoms with Gasteiger partial charge in [0.1, 0.15) is 0 Å². The molecule has 23 heavy (non-hydrogen) atoms. The van der Waals surface area contributed by atoms with E-state index in [2.05, 4.69) is 19.2 Å². The smallest absolute Gasteiger partial charge is 0.258 e. The molecule has 0 aliphatic heterocycles. The van der Waals surface area contributed by atoms with Gasteiger partial charge >= 0.3 is 0 Å². The molecule has 2 rings (SSSR count). The number of primary amides is 1. The van der Waals surface area contributed by atoms with E-state index in [1.807, 2.05) is 37.3 Å². The van der Waals surface area contributed by atoms with Crippen LogP contribution in [0.1, 0.15) is 46.3 Å². The largest absolute Gasteiger partial charge is 0.365 e. The van der Waals surface area contributed by atoms with Gasteiger partial charge in [0.15, 0.2) is 0 Å². The molecule has 2 aromatic rings. The molecule has 0 aliphatic rings. The molecule has 0 radical (unpaired) electrons. The number of rotatable bonds is 6. The first kappa shape index (κ1) is 17.2. The summed E-state index contributed by atoms with van der Waals surface area (Å²) in [7, 11) is 0. The number of hydrogen-bond donors (Lipinski definition) is 2. The Hall–Kier alpha value is -2.14. The Bertz CT molecular complexity index is 694. The van der Waals surface area contributed by atoms with E-state index in [0.29, 0.717) is 10.6 Å². The maximum Gasteiger partial charge on any atom is 0.258 e. The fraction of sp³-hybridized carbons (Fsp3) is 0.333. The van der Waals surface area contributed by atoms with Gasteiger partial charge in [0.25, 0.3) is 5.91 Å². The third-order valence-electron chi connectivity index (χ3n) is 4.07. The van der Waals surface area contributed by atoms with Crippen LogP contribution in [0.2, 0.25) is 0 Å². The molecule has 122 valence electrons. The molecule has 0 saturated carbocycles. The maximum atomic E-state index is 12.8. The molecular formula is C18H22N2O2S. The van der Waals surface area contributed by atoms with Crippen LogP contribution in [0.15, 0.2) is 36.4 Å². The van der Waals surface area contributed by atoms with E-state index in [-0.39, 0.29) is 17.7 Å². The molecule has 5 heteroatoms. The Morgan fingerprint density at radius 1 is 1.26 bits per heavy atom. The van der Waals surface area contributed by atoms with Gasteiger partial charge in [0.2, 0.25) is 5.91 Å². The van der Waals surface area contributed by atoms with Crippen LogP contribution in [0.3, 0.4) is 0 Å². The minimum absolute atomic E-state index is 0.0533. The fourth-order valence-electron chi connectivity index (χ4n) is 2.57. The zero-order valence-corrected chi connectivity index (χ0v) is 14.4. The van der Waals surface area contributed by atoms with Crippen molar-refractivity contribution in [1.29, 1.82) is 0 Å². The second kappa shape index (κ2) is 7.42. The van der Waals surface area contributed by atoms with Crippen LogP contribution >= 0.6 is 11.3 Å². The molecule has 1 aromatic carbocycles. The Balaban J connectivity index is 2.26. The van der Waals surface area contributed by atoms with Crippen molar-refractivity contribution in [2.24, 2.45) is 11.7 Å². The van der Waals surface area contributed by atoms with Crippen LogP contribution in [0, 0.1) is 12.8 Å². The summed E-state index contributed by atoms with van der Waals surface area (Å²) in [5, 5.41) is 2.96. The quantitative estimate of drug-likeness (QED) is 0.842. The van der Waals surface area contributed by atoms with E-state index in [1.165, 1.54) is 11.3 Å². The monoisotopic (exact) mass is 330 g/mol. The predicted octanol–water partition coefficient (Wildman–Crippen LogP) is 3.92. The summed E-state index contributed by atoms with van der Waals surface area (Å²) in [5.41, 5.74) is 6.97. The molecule has 0 fully saturated rings. The van der Waals surface area contributed by atoms with E-state index >= 15 is 0 Å². The molecule has 0 saturated heterocycles. The van der Waals surface area contributed by atoms with Crippen LogP contribution in [-0.2, 0) is 4.79 Å². The lowest BCUT2D eigenvalue weighted by molar-refractivity contribution is -0.118. The molecule has 1 heterocycles. The minimum atomic E-state index is -0.472. The summed E-state index contributed by atoms with van der Waals surface area (Å²) in [5.74, 6) is -0.535. The van der Waals surface area contributed by atoms with Crippen molar-refractivity contribution in [3.63, 3.8) is 0 Å². The van der Waals surface area contributed by atoms with Gasteiger partial charge in [-0.05, 0) is 24.5 Å². The number of carbonyl (C=O) groups is 2. The standard InChI is InChI=1S/C18H22N2O2S/c1-4-11(2)16(13-8-6-5-7-9-13)18(22)20-14-10-15(17(19)21)23-12(14)3/h5-11,16H,4H2,1-3H3,(H2,19,21)(H,20,22)/t11-,16+/m0/s1. The van der Waals surface area contributed by atoms with Crippen molar-refractivity contribution in [2.75, 3.05) is 5.32 Å². The van der Waals surface area contributed by atoms with Gasteiger partial charge in [-0.25, -0.2) is 0 Å². The SMILES string of the molecule is CC[C@H](C)[C@@H](C(=O)Nc1cc(C(N)=O)sc1C)c1ccccc1. The summed E-state index contributed by atoms with van der Waals surface area (Å²) in [6.45, 7) is 6.02. The van der Waals surface area contributed by atoms with Crippen LogP contribution in [0.5, 0.6) is 0 Å². The first-order valence-corrected chi connectivity index (χ1v) is 8.51. The average molecular weight is 330 g/mol. The predicted molar refractivity (Wildman–Crippen MR) is 94.8 cm³/mol. The molecule has 2 atom stereocenters. The third kappa shape index (κ3) is 3.99. The van der Waals surface area contributed by atoms with Crippen molar-refractivity contribution in [3.05, 3.63) is 51.7 Å². The van der Waals surface area contributed by atoms with Crippen molar-refractivity contribution >= 4 is 28.8 Å². The van der Waals surface area contributed by atoms with Gasteiger partial charge in [0.05, 0.1) is 16.5 Å². The van der Waals surface area contributed by atoms with Crippen molar-refractivity contribution in [1.82, 2.24) is 0 Å². The Morgan fingerprint density at radius 3 is 2.43 bits per heavy atom. The second-order valence-corrected chi connectivity index (χ2v) is 6.96. The van der Waals surface area contributed by atoms with Crippen LogP contribution in [0.25, 0.3) is 0 Å². The maximum absolute atomic E-state index is 12.8. The van der Waals surface area contributed by atoms with Gasteiger partial charge in [-0.2, -0.15) is 0 Å². The van der Waals surface area contributed by atoms with Gasteiger partial charge in [-0.1, -0.05) is 50.6 Å². The number of amides is 2. The highest BCUT2D eigenvalue weighted by Crippen LogP contribution is 2.31. The topological polar surface area (TPSA) is 72.2 Å². The van der Waals surface area contributed by atoms with Gasteiger partial charge in [0, 0.05) is 4.88 Å². The van der Waals surface area contributed by atoms with Gasteiger partial charge in [-0.3, -0.25) is 9.59 Å². The number of carbonyl (C=O) groups excluding carboxylic acids is 2. The fourth-order valence-corrected chi connectivity index (χ4v) is 3.40. The third-order valence-corrected chi connectivity index (χ3v) is 5.14. The highest BCUT2D eigenvalue weighted by molar-refractivity contribution is 7.14. The number of benzene rings is 1. The average Bonchev–Trinajstić information content (AvgIpc) is 2.89. The van der Waals surface area contributed by atoms with E-state index < -0.39 is 5.91 Å². The summed E-state index contributed by atoms with van der Waals surface area (Å²) < 4.78 is 0. The van der Waals surface area contributed by atoms with Crippen molar-refractivity contribution in [2.45, 2.75) is 33.1 Å². The van der Waals surface area contributed by atoms with Gasteiger partial charge < -0.3 is 11.1 Å². The molecule has 0 aliphatic carbocycles. The van der Waals surface area contributed by atoms with Crippen molar-refractivity contribution in [3.8, 4) is 0 Å². The van der Waals surface area contributed by atoms with E-state index in [0.717, 1.165) is 16.9 Å². The van der Waals surface area contributed by atoms with Crippen LogP contribution in [-0.4, -0.2) is 11.8 Å². The molecule has 3 N–H and O–H groups in total. The number of thiophene rings is 1. The zero-order valence-electron chi connectivity index (χ0n) is 13.6. The van der Waals surface area contributed by atoms with E-state index in [1.54, 1.807) is 6.07 Å². The molecule has 2 amide bonds. The van der Waals surface area contributed by atoms with Gasteiger partial charge in [-0.15, -0.1) is 11.3 Å². The normalized spacial score (nSPS) is 13.3. The molecular weight excluding hydrogens is 308 g/mol. The lowest BCUT2D eigenvalue weighted by Crippen LogP contribution is -2.26. The van der Waals surface area contributed by atoms with Crippen LogP contribution in [0.4, 0.5) is 5.69 Å². The Labute approximate surface area is 140 Å². The number of aryl methyl sites for hydroxylation is 1. The lowest BCUT2D eigenvalue weighted by Gasteiger charge is -2.22. The second-order valence-electron chi connectivity index (χ2n) is 5.71. The lowest BCUT2D eigenvalue weighted by atomic mass is 9.85. The van der Waals surface area contributed by atoms with Crippen LogP contribution < -0.4 is 11.1 Å². The Morgan fingerprint density at radius 2 is 1.91 bits per heavy atom. The summed E-state index contributed by atoms with van der Waals surface area (Å²) in [4.78, 5) is 25.4. The molecule has 4 nitrogen and oxygen atoms in total. The molecule has 0 bridgehead atoms. The highest BCUT2D eigenvalue weighted by Gasteiger charge is 2.26. The molecule has 0 spiro atoms. The summed E-state index contributed by atoms with van der Waals surface area (Å²) in [6, 6.07) is 11.4.